The van der Waals surface area contributed by atoms with Crippen LogP contribution in [0.3, 0.4) is 0 Å². The largest absolute Gasteiger partial charge is 0.471 e. The maximum atomic E-state index is 12.9. The topological polar surface area (TPSA) is 80.1 Å². The molecule has 7 nitrogen and oxygen atoms in total. The minimum atomic E-state index is -4.90. The van der Waals surface area contributed by atoms with Crippen LogP contribution >= 0.6 is 11.6 Å². The number of halogens is 4. The SMILES string of the molecule is CCN(C(=O)CC1CC[C@@H](NC(=O)C(F)(F)F)C1)c1cn(-c2cccnc2)nc1Cl. The Kier molecular flexibility index (Phi) is 6.64. The highest BCUT2D eigenvalue weighted by Crippen LogP contribution is 2.32. The molecular weight excluding hydrogens is 423 g/mol. The van der Waals surface area contributed by atoms with Crippen LogP contribution in [-0.2, 0) is 9.59 Å². The van der Waals surface area contributed by atoms with E-state index in [2.05, 4.69) is 10.1 Å². The predicted octanol–water partition coefficient (Wildman–Crippen LogP) is 3.51. The Hall–Kier alpha value is -2.62. The molecule has 1 unspecified atom stereocenters. The third-order valence-corrected chi connectivity index (χ3v) is 5.34. The highest BCUT2D eigenvalue weighted by molar-refractivity contribution is 6.32. The molecule has 0 aliphatic heterocycles. The van der Waals surface area contributed by atoms with Gasteiger partial charge in [-0.1, -0.05) is 11.6 Å². The summed E-state index contributed by atoms with van der Waals surface area (Å²) in [6, 6.07) is 2.97. The summed E-state index contributed by atoms with van der Waals surface area (Å²) in [5, 5.41) is 6.39. The van der Waals surface area contributed by atoms with E-state index in [0.29, 0.717) is 37.2 Å². The highest BCUT2D eigenvalue weighted by atomic mass is 35.5. The molecule has 0 bridgehead atoms. The summed E-state index contributed by atoms with van der Waals surface area (Å²) in [5.41, 5.74) is 1.14. The molecule has 2 amide bonds. The van der Waals surface area contributed by atoms with E-state index in [1.54, 1.807) is 37.6 Å². The number of rotatable bonds is 6. The summed E-state index contributed by atoms with van der Waals surface area (Å²) in [5.74, 6) is -2.25. The monoisotopic (exact) mass is 443 g/mol. The van der Waals surface area contributed by atoms with E-state index in [1.165, 1.54) is 9.58 Å². The molecule has 30 heavy (non-hydrogen) atoms. The van der Waals surface area contributed by atoms with E-state index < -0.39 is 18.1 Å². The summed E-state index contributed by atoms with van der Waals surface area (Å²) < 4.78 is 38.8. The molecule has 3 rings (SSSR count). The molecule has 2 atom stereocenters. The van der Waals surface area contributed by atoms with Crippen molar-refractivity contribution in [2.75, 3.05) is 11.4 Å². The fraction of sp³-hybridized carbons (Fsp3) is 0.474. The summed E-state index contributed by atoms with van der Waals surface area (Å²) in [4.78, 5) is 29.5. The van der Waals surface area contributed by atoms with E-state index in [0.717, 1.165) is 0 Å². The summed E-state index contributed by atoms with van der Waals surface area (Å²) >= 11 is 6.25. The lowest BCUT2D eigenvalue weighted by atomic mass is 10.0. The number of nitrogens with zero attached hydrogens (tertiary/aromatic N) is 4. The predicted molar refractivity (Wildman–Crippen MR) is 104 cm³/mol. The maximum Gasteiger partial charge on any atom is 0.471 e. The Morgan fingerprint density at radius 2 is 2.13 bits per heavy atom. The van der Waals surface area contributed by atoms with Gasteiger partial charge >= 0.3 is 12.1 Å². The second-order valence-corrected chi connectivity index (χ2v) is 7.51. The van der Waals surface area contributed by atoms with Gasteiger partial charge in [-0.3, -0.25) is 14.6 Å². The van der Waals surface area contributed by atoms with Crippen molar-refractivity contribution >= 4 is 29.1 Å². The van der Waals surface area contributed by atoms with Gasteiger partial charge < -0.3 is 10.2 Å². The Morgan fingerprint density at radius 1 is 1.37 bits per heavy atom. The van der Waals surface area contributed by atoms with Crippen molar-refractivity contribution in [2.45, 2.75) is 44.8 Å². The molecule has 1 fully saturated rings. The zero-order valence-electron chi connectivity index (χ0n) is 16.2. The first-order valence-corrected chi connectivity index (χ1v) is 9.90. The quantitative estimate of drug-likeness (QED) is 0.741. The van der Waals surface area contributed by atoms with Crippen molar-refractivity contribution in [1.29, 1.82) is 0 Å². The van der Waals surface area contributed by atoms with E-state index in [1.807, 2.05) is 5.32 Å². The number of amides is 2. The number of aromatic nitrogens is 3. The number of anilines is 1. The third kappa shape index (κ3) is 5.10. The molecule has 1 N–H and O–H groups in total. The summed E-state index contributed by atoms with van der Waals surface area (Å²) in [6.45, 7) is 2.16. The number of pyridine rings is 1. The molecule has 0 aromatic carbocycles. The van der Waals surface area contributed by atoms with Crippen molar-refractivity contribution in [2.24, 2.45) is 5.92 Å². The van der Waals surface area contributed by atoms with E-state index in [-0.39, 0.29) is 23.4 Å². The lowest BCUT2D eigenvalue weighted by molar-refractivity contribution is -0.174. The van der Waals surface area contributed by atoms with Gasteiger partial charge in [0.2, 0.25) is 5.91 Å². The first-order valence-electron chi connectivity index (χ1n) is 9.52. The zero-order valence-corrected chi connectivity index (χ0v) is 17.0. The Bertz CT molecular complexity index is 903. The van der Waals surface area contributed by atoms with Crippen molar-refractivity contribution in [3.8, 4) is 5.69 Å². The Balaban J connectivity index is 1.64. The van der Waals surface area contributed by atoms with Gasteiger partial charge in [0.15, 0.2) is 5.15 Å². The van der Waals surface area contributed by atoms with E-state index in [9.17, 15) is 22.8 Å². The van der Waals surface area contributed by atoms with Crippen molar-refractivity contribution in [3.05, 3.63) is 35.9 Å². The van der Waals surface area contributed by atoms with Crippen LogP contribution in [0.4, 0.5) is 18.9 Å². The molecule has 162 valence electrons. The molecule has 11 heteroatoms. The fourth-order valence-corrected chi connectivity index (χ4v) is 3.88. The number of nitrogens with one attached hydrogen (secondary N) is 1. The van der Waals surface area contributed by atoms with Gasteiger partial charge in [0.05, 0.1) is 18.1 Å². The van der Waals surface area contributed by atoms with E-state index >= 15 is 0 Å². The molecule has 2 aromatic rings. The van der Waals surface area contributed by atoms with Gasteiger partial charge in [-0.05, 0) is 44.2 Å². The second kappa shape index (κ2) is 9.03. The van der Waals surface area contributed by atoms with Crippen molar-refractivity contribution < 1.29 is 22.8 Å². The Morgan fingerprint density at radius 3 is 2.77 bits per heavy atom. The normalized spacial score (nSPS) is 19.0. The smallest absolute Gasteiger partial charge is 0.346 e. The average molecular weight is 444 g/mol. The number of carbonyl (C=O) groups excluding carboxylic acids is 2. The molecule has 0 radical (unpaired) electrons. The molecule has 0 spiro atoms. The highest BCUT2D eigenvalue weighted by Gasteiger charge is 2.41. The molecule has 0 saturated heterocycles. The second-order valence-electron chi connectivity index (χ2n) is 7.15. The average Bonchev–Trinajstić information content (AvgIpc) is 3.29. The fourth-order valence-electron chi connectivity index (χ4n) is 3.64. The zero-order chi connectivity index (χ0) is 21.9. The molecule has 2 heterocycles. The maximum absolute atomic E-state index is 12.9. The first kappa shape index (κ1) is 22.1. The van der Waals surface area contributed by atoms with Gasteiger partial charge in [0, 0.05) is 25.2 Å². The molecule has 1 saturated carbocycles. The number of hydrogen-bond acceptors (Lipinski definition) is 4. The number of hydrogen-bond donors (Lipinski definition) is 1. The van der Waals surface area contributed by atoms with Gasteiger partial charge in [0.25, 0.3) is 0 Å². The van der Waals surface area contributed by atoms with Gasteiger partial charge in [0.1, 0.15) is 5.69 Å². The van der Waals surface area contributed by atoms with Gasteiger partial charge in [-0.2, -0.15) is 18.3 Å². The van der Waals surface area contributed by atoms with Crippen LogP contribution in [0.5, 0.6) is 0 Å². The van der Waals surface area contributed by atoms with Crippen LogP contribution in [-0.4, -0.2) is 45.3 Å². The molecular formula is C19H21ClF3N5O2. The van der Waals surface area contributed by atoms with E-state index in [4.69, 9.17) is 11.6 Å². The molecule has 1 aliphatic carbocycles. The van der Waals surface area contributed by atoms with Crippen LogP contribution in [0.15, 0.2) is 30.7 Å². The lowest BCUT2D eigenvalue weighted by Gasteiger charge is -2.21. The standard InChI is InChI=1S/C19H21ClF3N5O2/c1-2-27(15-11-28(26-17(15)20)14-4-3-7-24-10-14)16(29)9-12-5-6-13(8-12)25-18(30)19(21,22)23/h3-4,7,10-13H,2,5-6,8-9H2,1H3,(H,25,30)/t12?,13-/m1/s1. The minimum absolute atomic E-state index is 0.114. The van der Waals surface area contributed by atoms with Gasteiger partial charge in [-0.25, -0.2) is 4.68 Å². The first-order chi connectivity index (χ1) is 14.2. The summed E-state index contributed by atoms with van der Waals surface area (Å²) in [6.07, 6.45) is 1.43. The Labute approximate surface area is 176 Å². The molecule has 1 aliphatic rings. The van der Waals surface area contributed by atoms with Gasteiger partial charge in [-0.15, -0.1) is 0 Å². The van der Waals surface area contributed by atoms with Crippen LogP contribution in [0.1, 0.15) is 32.6 Å². The number of alkyl halides is 3. The minimum Gasteiger partial charge on any atom is -0.346 e. The van der Waals surface area contributed by atoms with Crippen LogP contribution in [0.2, 0.25) is 5.15 Å². The van der Waals surface area contributed by atoms with Crippen LogP contribution in [0.25, 0.3) is 5.69 Å². The number of carbonyl (C=O) groups is 2. The van der Waals surface area contributed by atoms with Crippen LogP contribution in [0, 0.1) is 5.92 Å². The van der Waals surface area contributed by atoms with Crippen molar-refractivity contribution in [1.82, 2.24) is 20.1 Å². The van der Waals surface area contributed by atoms with Crippen LogP contribution < -0.4 is 10.2 Å². The molecule has 2 aromatic heterocycles. The lowest BCUT2D eigenvalue weighted by Crippen LogP contribution is -2.42. The van der Waals surface area contributed by atoms with Crippen molar-refractivity contribution in [3.63, 3.8) is 0 Å². The summed E-state index contributed by atoms with van der Waals surface area (Å²) in [7, 11) is 0. The third-order valence-electron chi connectivity index (χ3n) is 5.07.